The molecule has 2 N–H and O–H groups in total. The van der Waals surface area contributed by atoms with Crippen LogP contribution in [0.3, 0.4) is 0 Å². The van der Waals surface area contributed by atoms with E-state index in [0.29, 0.717) is 0 Å². The lowest BCUT2D eigenvalue weighted by molar-refractivity contribution is 0.0431. The Labute approximate surface area is 74.7 Å². The zero-order valence-corrected chi connectivity index (χ0v) is 7.63. The van der Waals surface area contributed by atoms with Crippen molar-refractivity contribution >= 4 is 0 Å². The van der Waals surface area contributed by atoms with Gasteiger partial charge in [-0.3, -0.25) is 0 Å². The lowest BCUT2D eigenvalue weighted by Gasteiger charge is -2.31. The lowest BCUT2D eigenvalue weighted by atomic mass is 9.82. The molecule has 1 fully saturated rings. The summed E-state index contributed by atoms with van der Waals surface area (Å²) < 4.78 is 0. The second-order valence-electron chi connectivity index (χ2n) is 3.63. The van der Waals surface area contributed by atoms with Gasteiger partial charge < -0.3 is 10.4 Å². The van der Waals surface area contributed by atoms with Crippen LogP contribution in [0.4, 0.5) is 0 Å². The highest BCUT2D eigenvalue weighted by molar-refractivity contribution is 4.80. The lowest BCUT2D eigenvalue weighted by Crippen LogP contribution is -2.36. The van der Waals surface area contributed by atoms with Gasteiger partial charge in [0, 0.05) is 0 Å². The van der Waals surface area contributed by atoms with E-state index in [1.54, 1.807) is 0 Å². The Bertz CT molecular complexity index is 130. The van der Waals surface area contributed by atoms with Crippen LogP contribution in [0, 0.1) is 5.92 Å². The maximum absolute atomic E-state index is 9.02. The third kappa shape index (κ3) is 3.37. The first-order valence-electron chi connectivity index (χ1n) is 4.82. The summed E-state index contributed by atoms with van der Waals surface area (Å²) in [4.78, 5) is 0. The van der Waals surface area contributed by atoms with E-state index in [2.05, 4.69) is 11.9 Å². The van der Waals surface area contributed by atoms with Gasteiger partial charge in [0.15, 0.2) is 0 Å². The Morgan fingerprint density at radius 2 is 2.25 bits per heavy atom. The number of hydrogen-bond donors (Lipinski definition) is 2. The molecule has 1 aliphatic rings. The summed E-state index contributed by atoms with van der Waals surface area (Å²) in [6.45, 7) is 5.83. The normalized spacial score (nSPS) is 28.1. The van der Waals surface area contributed by atoms with Crippen molar-refractivity contribution in [1.82, 2.24) is 5.32 Å². The Balaban J connectivity index is 1.80. The highest BCUT2D eigenvalue weighted by atomic mass is 16.3. The van der Waals surface area contributed by atoms with E-state index in [0.717, 1.165) is 38.3 Å². The molecule has 0 aromatic heterocycles. The summed E-state index contributed by atoms with van der Waals surface area (Å²) in [5, 5.41) is 12.4. The Kier molecular flexibility index (Phi) is 4.33. The molecule has 12 heavy (non-hydrogen) atoms. The van der Waals surface area contributed by atoms with Gasteiger partial charge in [0.1, 0.15) is 0 Å². The molecule has 0 unspecified atom stereocenters. The van der Waals surface area contributed by atoms with Crippen LogP contribution in [0.15, 0.2) is 12.7 Å². The van der Waals surface area contributed by atoms with Gasteiger partial charge in [-0.25, -0.2) is 0 Å². The van der Waals surface area contributed by atoms with Gasteiger partial charge in [0.25, 0.3) is 0 Å². The quantitative estimate of drug-likeness (QED) is 0.464. The minimum absolute atomic E-state index is 0.00928. The summed E-state index contributed by atoms with van der Waals surface area (Å²) in [5.74, 6) is 0.726. The molecule has 0 saturated heterocycles. The maximum atomic E-state index is 9.02. The molecule has 0 aliphatic heterocycles. The molecule has 0 aromatic carbocycles. The molecule has 0 spiro atoms. The summed E-state index contributed by atoms with van der Waals surface area (Å²) in [6, 6.07) is 0. The van der Waals surface area contributed by atoms with Crippen molar-refractivity contribution < 1.29 is 5.11 Å². The van der Waals surface area contributed by atoms with Crippen molar-refractivity contribution in [3.63, 3.8) is 0 Å². The number of allylic oxidation sites excluding steroid dienone is 1. The van der Waals surface area contributed by atoms with Crippen LogP contribution in [-0.2, 0) is 0 Å². The zero-order chi connectivity index (χ0) is 8.81. The summed E-state index contributed by atoms with van der Waals surface area (Å²) in [6.07, 6.45) is 6.21. The summed E-state index contributed by atoms with van der Waals surface area (Å²) in [5.41, 5.74) is 0. The SMILES string of the molecule is C=CCCCNCC1CC(O)C1. The molecule has 2 heteroatoms. The van der Waals surface area contributed by atoms with Crippen LogP contribution in [0.2, 0.25) is 0 Å². The largest absolute Gasteiger partial charge is 0.393 e. The average molecular weight is 169 g/mol. The predicted octanol–water partition coefficient (Wildman–Crippen LogP) is 1.31. The highest BCUT2D eigenvalue weighted by Crippen LogP contribution is 2.25. The zero-order valence-electron chi connectivity index (χ0n) is 7.63. The highest BCUT2D eigenvalue weighted by Gasteiger charge is 2.26. The fourth-order valence-corrected chi connectivity index (χ4v) is 1.54. The summed E-state index contributed by atoms with van der Waals surface area (Å²) in [7, 11) is 0. The third-order valence-electron chi connectivity index (χ3n) is 2.41. The molecule has 0 bridgehead atoms. The Morgan fingerprint density at radius 1 is 1.50 bits per heavy atom. The van der Waals surface area contributed by atoms with Gasteiger partial charge in [-0.05, 0) is 44.7 Å². The number of nitrogens with one attached hydrogen (secondary N) is 1. The van der Waals surface area contributed by atoms with Gasteiger partial charge in [-0.15, -0.1) is 6.58 Å². The van der Waals surface area contributed by atoms with Gasteiger partial charge in [-0.1, -0.05) is 6.08 Å². The molecule has 1 aliphatic carbocycles. The molecular weight excluding hydrogens is 150 g/mol. The number of unbranched alkanes of at least 4 members (excludes halogenated alkanes) is 1. The molecular formula is C10H19NO. The monoisotopic (exact) mass is 169 g/mol. The second kappa shape index (κ2) is 5.33. The second-order valence-corrected chi connectivity index (χ2v) is 3.63. The first-order chi connectivity index (χ1) is 5.83. The fraction of sp³-hybridized carbons (Fsp3) is 0.800. The van der Waals surface area contributed by atoms with Crippen molar-refractivity contribution in [3.8, 4) is 0 Å². The van der Waals surface area contributed by atoms with Crippen molar-refractivity contribution in [2.45, 2.75) is 31.8 Å². The standard InChI is InChI=1S/C10H19NO/c1-2-3-4-5-11-8-9-6-10(12)7-9/h2,9-12H,1,3-8H2. The minimum Gasteiger partial charge on any atom is -0.393 e. The smallest absolute Gasteiger partial charge is 0.0546 e. The molecule has 0 atom stereocenters. The van der Waals surface area contributed by atoms with E-state index >= 15 is 0 Å². The van der Waals surface area contributed by atoms with Crippen molar-refractivity contribution in [1.29, 1.82) is 0 Å². The fourth-order valence-electron chi connectivity index (χ4n) is 1.54. The van der Waals surface area contributed by atoms with Gasteiger partial charge in [0.05, 0.1) is 6.10 Å². The molecule has 0 aromatic rings. The Morgan fingerprint density at radius 3 is 2.83 bits per heavy atom. The van der Waals surface area contributed by atoms with E-state index in [-0.39, 0.29) is 6.10 Å². The van der Waals surface area contributed by atoms with Crippen molar-refractivity contribution in [2.75, 3.05) is 13.1 Å². The predicted molar refractivity (Wildman–Crippen MR) is 51.0 cm³/mol. The topological polar surface area (TPSA) is 32.3 Å². The minimum atomic E-state index is -0.00928. The van der Waals surface area contributed by atoms with Gasteiger partial charge >= 0.3 is 0 Å². The van der Waals surface area contributed by atoms with Crippen LogP contribution >= 0.6 is 0 Å². The van der Waals surface area contributed by atoms with Crippen LogP contribution in [0.1, 0.15) is 25.7 Å². The van der Waals surface area contributed by atoms with Crippen LogP contribution < -0.4 is 5.32 Å². The van der Waals surface area contributed by atoms with Crippen LogP contribution in [0.5, 0.6) is 0 Å². The van der Waals surface area contributed by atoms with E-state index in [9.17, 15) is 0 Å². The average Bonchev–Trinajstić information content (AvgIpc) is 2.00. The van der Waals surface area contributed by atoms with E-state index in [1.807, 2.05) is 6.08 Å². The molecule has 1 rings (SSSR count). The summed E-state index contributed by atoms with van der Waals surface area (Å²) >= 11 is 0. The van der Waals surface area contributed by atoms with E-state index in [1.165, 1.54) is 6.42 Å². The van der Waals surface area contributed by atoms with Gasteiger partial charge in [-0.2, -0.15) is 0 Å². The number of aliphatic hydroxyl groups is 1. The molecule has 0 amide bonds. The molecule has 2 nitrogen and oxygen atoms in total. The molecule has 1 saturated carbocycles. The maximum Gasteiger partial charge on any atom is 0.0546 e. The van der Waals surface area contributed by atoms with Gasteiger partial charge in [0.2, 0.25) is 0 Å². The number of hydrogen-bond acceptors (Lipinski definition) is 2. The van der Waals surface area contributed by atoms with Crippen LogP contribution in [-0.4, -0.2) is 24.3 Å². The molecule has 70 valence electrons. The van der Waals surface area contributed by atoms with Crippen LogP contribution in [0.25, 0.3) is 0 Å². The number of rotatable bonds is 6. The van der Waals surface area contributed by atoms with E-state index in [4.69, 9.17) is 5.11 Å². The van der Waals surface area contributed by atoms with Crippen molar-refractivity contribution in [3.05, 3.63) is 12.7 Å². The third-order valence-corrected chi connectivity index (χ3v) is 2.41. The molecule has 0 heterocycles. The number of aliphatic hydroxyl groups excluding tert-OH is 1. The molecule has 0 radical (unpaired) electrons. The van der Waals surface area contributed by atoms with E-state index < -0.39 is 0 Å². The Hall–Kier alpha value is -0.340. The first kappa shape index (κ1) is 9.75. The van der Waals surface area contributed by atoms with Crippen molar-refractivity contribution in [2.24, 2.45) is 5.92 Å². The first-order valence-corrected chi connectivity index (χ1v) is 4.82.